The standard InChI is InChI=1S/C23H32N6O2.HI/c1-3-24-23(25-9-8-18-4-6-20-21(14-18)31-17-30-20)27-16-19-5-7-22(26-15-19)29-12-10-28(2)11-13-29;/h4-7,14-15H,3,8-13,16-17H2,1-2H3,(H2,24,25,27);1H. The van der Waals surface area contributed by atoms with Gasteiger partial charge >= 0.3 is 0 Å². The number of benzene rings is 1. The van der Waals surface area contributed by atoms with Gasteiger partial charge < -0.3 is 29.9 Å². The van der Waals surface area contributed by atoms with Crippen LogP contribution in [0.25, 0.3) is 0 Å². The van der Waals surface area contributed by atoms with Crippen molar-refractivity contribution >= 4 is 35.8 Å². The van der Waals surface area contributed by atoms with E-state index < -0.39 is 0 Å². The first-order valence-corrected chi connectivity index (χ1v) is 11.0. The second-order valence-electron chi connectivity index (χ2n) is 7.87. The van der Waals surface area contributed by atoms with Gasteiger partial charge in [-0.05, 0) is 49.7 Å². The highest BCUT2D eigenvalue weighted by Gasteiger charge is 2.15. The van der Waals surface area contributed by atoms with E-state index in [4.69, 9.17) is 14.5 Å². The molecule has 1 aromatic heterocycles. The number of ether oxygens (including phenoxy) is 2. The Hall–Kier alpha value is -2.27. The molecule has 0 bridgehead atoms. The van der Waals surface area contributed by atoms with Gasteiger partial charge in [0.1, 0.15) is 5.82 Å². The molecule has 0 spiro atoms. The van der Waals surface area contributed by atoms with Crippen LogP contribution in [0.5, 0.6) is 11.5 Å². The predicted octanol–water partition coefficient (Wildman–Crippen LogP) is 2.48. The summed E-state index contributed by atoms with van der Waals surface area (Å²) in [6.45, 7) is 8.78. The summed E-state index contributed by atoms with van der Waals surface area (Å²) in [7, 11) is 2.16. The summed E-state index contributed by atoms with van der Waals surface area (Å²) >= 11 is 0. The lowest BCUT2D eigenvalue weighted by atomic mass is 10.1. The van der Waals surface area contributed by atoms with Crippen LogP contribution >= 0.6 is 24.0 Å². The van der Waals surface area contributed by atoms with E-state index >= 15 is 0 Å². The van der Waals surface area contributed by atoms with E-state index in [-0.39, 0.29) is 24.0 Å². The van der Waals surface area contributed by atoms with Crippen molar-refractivity contribution in [3.05, 3.63) is 47.7 Å². The number of halogens is 1. The molecule has 0 radical (unpaired) electrons. The number of pyridine rings is 1. The quantitative estimate of drug-likeness (QED) is 0.311. The molecule has 9 heteroatoms. The van der Waals surface area contributed by atoms with Gasteiger partial charge in [-0.15, -0.1) is 24.0 Å². The van der Waals surface area contributed by atoms with E-state index in [1.807, 2.05) is 18.3 Å². The zero-order valence-corrected chi connectivity index (χ0v) is 21.2. The second kappa shape index (κ2) is 12.1. The Balaban J connectivity index is 0.00000289. The van der Waals surface area contributed by atoms with Crippen molar-refractivity contribution in [2.45, 2.75) is 19.9 Å². The highest BCUT2D eigenvalue weighted by atomic mass is 127. The third kappa shape index (κ3) is 6.61. The van der Waals surface area contributed by atoms with Crippen LogP contribution in [-0.2, 0) is 13.0 Å². The molecule has 0 amide bonds. The number of nitrogens with zero attached hydrogens (tertiary/aromatic N) is 4. The number of rotatable bonds is 7. The molecule has 2 N–H and O–H groups in total. The van der Waals surface area contributed by atoms with Crippen molar-refractivity contribution in [2.24, 2.45) is 4.99 Å². The predicted molar refractivity (Wildman–Crippen MR) is 138 cm³/mol. The molecule has 1 aromatic carbocycles. The average molecular weight is 552 g/mol. The van der Waals surface area contributed by atoms with Gasteiger partial charge in [0.25, 0.3) is 0 Å². The van der Waals surface area contributed by atoms with Gasteiger partial charge in [-0.25, -0.2) is 9.98 Å². The molecule has 0 atom stereocenters. The molecule has 3 heterocycles. The van der Waals surface area contributed by atoms with Crippen LogP contribution in [0.4, 0.5) is 5.82 Å². The number of likely N-dealkylation sites (N-methyl/N-ethyl adjacent to an activating group) is 1. The highest BCUT2D eigenvalue weighted by molar-refractivity contribution is 14.0. The van der Waals surface area contributed by atoms with Crippen molar-refractivity contribution in [1.29, 1.82) is 0 Å². The summed E-state index contributed by atoms with van der Waals surface area (Å²) in [4.78, 5) is 14.1. The maximum absolute atomic E-state index is 5.45. The Morgan fingerprint density at radius 2 is 1.81 bits per heavy atom. The molecule has 1 fully saturated rings. The SMILES string of the molecule is CCNC(=NCc1ccc(N2CCN(C)CC2)nc1)NCCc1ccc2c(c1)OCO2.I. The van der Waals surface area contributed by atoms with Crippen LogP contribution in [0, 0.1) is 0 Å². The fourth-order valence-electron chi connectivity index (χ4n) is 3.67. The third-order valence-electron chi connectivity index (χ3n) is 5.54. The summed E-state index contributed by atoms with van der Waals surface area (Å²) in [6, 6.07) is 10.3. The van der Waals surface area contributed by atoms with Gasteiger partial charge in [0, 0.05) is 45.5 Å². The molecular formula is C23H33IN6O2. The minimum absolute atomic E-state index is 0. The molecule has 2 aliphatic rings. The lowest BCUT2D eigenvalue weighted by Gasteiger charge is -2.33. The van der Waals surface area contributed by atoms with E-state index in [2.05, 4.69) is 57.6 Å². The first kappa shape index (κ1) is 24.4. The first-order chi connectivity index (χ1) is 15.2. The summed E-state index contributed by atoms with van der Waals surface area (Å²) < 4.78 is 10.8. The van der Waals surface area contributed by atoms with Crippen LogP contribution in [0.3, 0.4) is 0 Å². The Morgan fingerprint density at radius 1 is 1.03 bits per heavy atom. The first-order valence-electron chi connectivity index (χ1n) is 11.0. The largest absolute Gasteiger partial charge is 0.454 e. The number of guanidine groups is 1. The molecule has 0 aliphatic carbocycles. The number of aliphatic imine (C=N–C) groups is 1. The van der Waals surface area contributed by atoms with Gasteiger partial charge in [-0.3, -0.25) is 0 Å². The highest BCUT2D eigenvalue weighted by Crippen LogP contribution is 2.32. The number of anilines is 1. The Kier molecular flexibility index (Phi) is 9.22. The van der Waals surface area contributed by atoms with Crippen LogP contribution in [-0.4, -0.2) is 69.0 Å². The topological polar surface area (TPSA) is 74.3 Å². The van der Waals surface area contributed by atoms with E-state index in [9.17, 15) is 0 Å². The van der Waals surface area contributed by atoms with E-state index in [0.717, 1.165) is 74.5 Å². The minimum atomic E-state index is 0. The van der Waals surface area contributed by atoms with Crippen LogP contribution in [0.2, 0.25) is 0 Å². The van der Waals surface area contributed by atoms with E-state index in [0.29, 0.717) is 13.3 Å². The molecule has 0 saturated carbocycles. The normalized spacial score (nSPS) is 15.9. The Bertz CT molecular complexity index is 885. The average Bonchev–Trinajstić information content (AvgIpc) is 3.26. The monoisotopic (exact) mass is 552 g/mol. The summed E-state index contributed by atoms with van der Waals surface area (Å²) in [5.74, 6) is 3.51. The van der Waals surface area contributed by atoms with Crippen LogP contribution in [0.15, 0.2) is 41.5 Å². The number of piperazine rings is 1. The maximum atomic E-state index is 5.45. The molecule has 32 heavy (non-hydrogen) atoms. The number of hydrogen-bond donors (Lipinski definition) is 2. The molecule has 174 valence electrons. The smallest absolute Gasteiger partial charge is 0.231 e. The summed E-state index contributed by atoms with van der Waals surface area (Å²) in [5, 5.41) is 6.72. The zero-order valence-electron chi connectivity index (χ0n) is 18.8. The van der Waals surface area contributed by atoms with E-state index in [1.165, 1.54) is 5.56 Å². The molecule has 2 aliphatic heterocycles. The fourth-order valence-corrected chi connectivity index (χ4v) is 3.67. The zero-order chi connectivity index (χ0) is 21.5. The number of nitrogens with one attached hydrogen (secondary N) is 2. The van der Waals surface area contributed by atoms with Crippen molar-refractivity contribution < 1.29 is 9.47 Å². The number of fused-ring (bicyclic) bond motifs is 1. The fraction of sp³-hybridized carbons (Fsp3) is 0.478. The van der Waals surface area contributed by atoms with Crippen molar-refractivity contribution in [3.63, 3.8) is 0 Å². The molecule has 8 nitrogen and oxygen atoms in total. The van der Waals surface area contributed by atoms with Crippen molar-refractivity contribution in [1.82, 2.24) is 20.5 Å². The van der Waals surface area contributed by atoms with Gasteiger partial charge in [-0.1, -0.05) is 12.1 Å². The number of hydrogen-bond acceptors (Lipinski definition) is 6. The van der Waals surface area contributed by atoms with Crippen molar-refractivity contribution in [3.8, 4) is 11.5 Å². The maximum Gasteiger partial charge on any atom is 0.231 e. The third-order valence-corrected chi connectivity index (χ3v) is 5.54. The van der Waals surface area contributed by atoms with Crippen LogP contribution < -0.4 is 25.0 Å². The van der Waals surface area contributed by atoms with Crippen LogP contribution in [0.1, 0.15) is 18.1 Å². The Labute approximate surface area is 207 Å². The summed E-state index contributed by atoms with van der Waals surface area (Å²) in [6.07, 6.45) is 2.82. The van der Waals surface area contributed by atoms with Gasteiger partial charge in [0.2, 0.25) is 6.79 Å². The molecule has 0 unspecified atom stereocenters. The van der Waals surface area contributed by atoms with Crippen molar-refractivity contribution in [2.75, 3.05) is 58.0 Å². The minimum Gasteiger partial charge on any atom is -0.454 e. The number of aromatic nitrogens is 1. The van der Waals surface area contributed by atoms with Gasteiger partial charge in [0.15, 0.2) is 17.5 Å². The van der Waals surface area contributed by atoms with E-state index in [1.54, 1.807) is 0 Å². The summed E-state index contributed by atoms with van der Waals surface area (Å²) in [5.41, 5.74) is 2.31. The Morgan fingerprint density at radius 3 is 2.56 bits per heavy atom. The van der Waals surface area contributed by atoms with Gasteiger partial charge in [0.05, 0.1) is 6.54 Å². The lowest BCUT2D eigenvalue weighted by Crippen LogP contribution is -2.44. The molecule has 4 rings (SSSR count). The van der Waals surface area contributed by atoms with Gasteiger partial charge in [-0.2, -0.15) is 0 Å². The molecule has 1 saturated heterocycles. The lowest BCUT2D eigenvalue weighted by molar-refractivity contribution is 0.174. The molecule has 2 aromatic rings. The second-order valence-corrected chi connectivity index (χ2v) is 7.87. The molecular weight excluding hydrogens is 519 g/mol.